The van der Waals surface area contributed by atoms with Crippen LogP contribution in [0, 0.1) is 29.1 Å². The Bertz CT molecular complexity index is 1700. The highest BCUT2D eigenvalue weighted by Crippen LogP contribution is 2.37. The summed E-state index contributed by atoms with van der Waals surface area (Å²) < 4.78 is 0. The Balaban J connectivity index is 1.19. The summed E-state index contributed by atoms with van der Waals surface area (Å²) in [4.78, 5) is 59.8. The predicted molar refractivity (Wildman–Crippen MR) is 205 cm³/mol. The second-order valence-electron chi connectivity index (χ2n) is 14.5. The van der Waals surface area contributed by atoms with Gasteiger partial charge in [0.25, 0.3) is 0 Å². The average Bonchev–Trinajstić information content (AvgIpc) is 3.46. The van der Waals surface area contributed by atoms with Crippen LogP contribution in [0.2, 0.25) is 0 Å². The van der Waals surface area contributed by atoms with Crippen molar-refractivity contribution < 1.29 is 19.2 Å². The number of Topliss-reactive ketones (excluding diaryl/α,β-unsaturated/α-hetero) is 1. The zero-order valence-corrected chi connectivity index (χ0v) is 30.7. The number of ketones is 1. The second-order valence-corrected chi connectivity index (χ2v) is 15.8. The van der Waals surface area contributed by atoms with E-state index in [1.807, 2.05) is 91.0 Å². The molecule has 0 saturated carbocycles. The fraction of sp³-hybridized carbons (Fsp3) is 0.465. The van der Waals surface area contributed by atoms with E-state index in [1.165, 1.54) is 0 Å². The van der Waals surface area contributed by atoms with Crippen LogP contribution < -0.4 is 10.2 Å². The number of anilines is 1. The van der Waals surface area contributed by atoms with Gasteiger partial charge in [-0.05, 0) is 99.6 Å². The van der Waals surface area contributed by atoms with E-state index in [4.69, 9.17) is 0 Å². The van der Waals surface area contributed by atoms with E-state index in [-0.39, 0.29) is 41.2 Å². The summed E-state index contributed by atoms with van der Waals surface area (Å²) in [5.74, 6) is -0.779. The number of hydrogen-bond donors (Lipinski definition) is 1. The van der Waals surface area contributed by atoms with Crippen LogP contribution in [-0.4, -0.2) is 58.2 Å². The maximum Gasteiger partial charge on any atom is 0.249 e. The van der Waals surface area contributed by atoms with Crippen LogP contribution >= 0.6 is 11.8 Å². The average molecular weight is 719 g/mol. The highest BCUT2D eigenvalue weighted by molar-refractivity contribution is 7.99. The van der Waals surface area contributed by atoms with Gasteiger partial charge in [0.15, 0.2) is 0 Å². The summed E-state index contributed by atoms with van der Waals surface area (Å²) in [6.07, 6.45) is 7.49. The quantitative estimate of drug-likeness (QED) is 0.202. The summed E-state index contributed by atoms with van der Waals surface area (Å²) in [7, 11) is 0. The van der Waals surface area contributed by atoms with Gasteiger partial charge in [-0.25, -0.2) is 0 Å². The van der Waals surface area contributed by atoms with Crippen molar-refractivity contribution in [3.05, 3.63) is 102 Å². The van der Waals surface area contributed by atoms with E-state index in [9.17, 15) is 24.4 Å². The van der Waals surface area contributed by atoms with Gasteiger partial charge in [-0.3, -0.25) is 19.2 Å². The molecule has 3 amide bonds. The molecule has 3 saturated heterocycles. The molecule has 0 aromatic heterocycles. The Kier molecular flexibility index (Phi) is 13.2. The van der Waals surface area contributed by atoms with Gasteiger partial charge < -0.3 is 15.1 Å². The van der Waals surface area contributed by atoms with Crippen molar-refractivity contribution in [1.82, 2.24) is 10.2 Å². The van der Waals surface area contributed by atoms with E-state index in [0.717, 1.165) is 48.3 Å². The number of nitrogens with zero attached hydrogens (tertiary/aromatic N) is 3. The number of hydrogen-bond acceptors (Lipinski definition) is 6. The number of piperidine rings is 1. The van der Waals surface area contributed by atoms with Crippen LogP contribution in [0.5, 0.6) is 0 Å². The van der Waals surface area contributed by atoms with Gasteiger partial charge in [0.1, 0.15) is 17.9 Å². The van der Waals surface area contributed by atoms with Crippen LogP contribution in [0.15, 0.2) is 91.0 Å². The molecule has 0 aliphatic carbocycles. The molecule has 3 aromatic rings. The van der Waals surface area contributed by atoms with E-state index in [0.29, 0.717) is 51.5 Å². The van der Waals surface area contributed by atoms with E-state index in [1.54, 1.807) is 21.6 Å². The van der Waals surface area contributed by atoms with Crippen molar-refractivity contribution in [3.63, 3.8) is 0 Å². The summed E-state index contributed by atoms with van der Waals surface area (Å²) in [5.41, 5.74) is 2.90. The first-order valence-electron chi connectivity index (χ1n) is 19.0. The lowest BCUT2D eigenvalue weighted by atomic mass is 9.82. The molecule has 0 bridgehead atoms. The number of carbonyl (C=O) groups is 4. The molecule has 0 spiro atoms. The van der Waals surface area contributed by atoms with Gasteiger partial charge >= 0.3 is 0 Å². The summed E-state index contributed by atoms with van der Waals surface area (Å²) >= 11 is 1.74. The predicted octanol–water partition coefficient (Wildman–Crippen LogP) is 7.13. The van der Waals surface area contributed by atoms with E-state index >= 15 is 0 Å². The monoisotopic (exact) mass is 718 g/mol. The lowest BCUT2D eigenvalue weighted by Gasteiger charge is -2.38. The van der Waals surface area contributed by atoms with Gasteiger partial charge in [-0.15, -0.1) is 11.8 Å². The Morgan fingerprint density at radius 3 is 2.08 bits per heavy atom. The Morgan fingerprint density at radius 1 is 0.769 bits per heavy atom. The Labute approximate surface area is 312 Å². The standard InChI is InChI=1S/C43H50N4O4S/c44-30-37-19-12-21-40-47(37)42(50)35(24-26-52-40)29-39(48)33(27-31-13-4-1-5-14-31)22-23-34(28-32-15-6-2-7-16-32)41(49)45-38-20-10-11-25-46(43(38)51)36-17-8-3-9-18-36/h1-9,13-18,33-35,37-38,40H,10-12,19-29H2,(H,45,49)/t33-,34-,35-,37+,38+,40+/m1/s1. The summed E-state index contributed by atoms with van der Waals surface area (Å²) in [6.45, 7) is 0.615. The van der Waals surface area contributed by atoms with Gasteiger partial charge in [0.2, 0.25) is 17.7 Å². The lowest BCUT2D eigenvalue weighted by Crippen LogP contribution is -2.49. The topological polar surface area (TPSA) is 111 Å². The molecule has 272 valence electrons. The molecule has 0 radical (unpaired) electrons. The molecule has 3 aliphatic rings. The summed E-state index contributed by atoms with van der Waals surface area (Å²) in [6, 6.07) is 30.7. The number of para-hydroxylation sites is 1. The zero-order chi connectivity index (χ0) is 36.3. The first-order chi connectivity index (χ1) is 25.4. The van der Waals surface area contributed by atoms with Crippen molar-refractivity contribution in [2.75, 3.05) is 17.2 Å². The molecule has 9 heteroatoms. The van der Waals surface area contributed by atoms with Crippen molar-refractivity contribution in [2.24, 2.45) is 17.8 Å². The smallest absolute Gasteiger partial charge is 0.249 e. The molecule has 1 N–H and O–H groups in total. The maximum atomic E-state index is 14.3. The Morgan fingerprint density at radius 2 is 1.40 bits per heavy atom. The molecule has 0 unspecified atom stereocenters. The minimum absolute atomic E-state index is 0.00323. The highest BCUT2D eigenvalue weighted by Gasteiger charge is 2.41. The van der Waals surface area contributed by atoms with Crippen LogP contribution in [-0.2, 0) is 32.0 Å². The van der Waals surface area contributed by atoms with Gasteiger partial charge in [0.05, 0.1) is 11.4 Å². The first kappa shape index (κ1) is 37.3. The lowest BCUT2D eigenvalue weighted by molar-refractivity contribution is -0.141. The van der Waals surface area contributed by atoms with Crippen LogP contribution in [0.1, 0.15) is 75.3 Å². The third-order valence-electron chi connectivity index (χ3n) is 11.0. The van der Waals surface area contributed by atoms with Crippen molar-refractivity contribution >= 4 is 41.0 Å². The summed E-state index contributed by atoms with van der Waals surface area (Å²) in [5, 5.41) is 13.0. The maximum absolute atomic E-state index is 14.3. The minimum Gasteiger partial charge on any atom is -0.344 e. The molecule has 3 fully saturated rings. The number of nitriles is 1. The largest absolute Gasteiger partial charge is 0.344 e. The molecule has 6 atom stereocenters. The number of thioether (sulfide) groups is 1. The normalized spacial score (nSPS) is 23.4. The van der Waals surface area contributed by atoms with Crippen molar-refractivity contribution in [3.8, 4) is 6.07 Å². The number of nitrogens with one attached hydrogen (secondary N) is 1. The molecule has 3 heterocycles. The van der Waals surface area contributed by atoms with Gasteiger partial charge in [0, 0.05) is 36.4 Å². The first-order valence-corrected chi connectivity index (χ1v) is 20.1. The number of fused-ring (bicyclic) bond motifs is 1. The fourth-order valence-corrected chi connectivity index (χ4v) is 9.50. The van der Waals surface area contributed by atoms with Crippen LogP contribution in [0.25, 0.3) is 0 Å². The van der Waals surface area contributed by atoms with Crippen molar-refractivity contribution in [1.29, 1.82) is 5.26 Å². The third kappa shape index (κ3) is 9.51. The number of amides is 3. The molecule has 8 nitrogen and oxygen atoms in total. The Hall–Kier alpha value is -4.42. The van der Waals surface area contributed by atoms with Gasteiger partial charge in [-0.2, -0.15) is 5.26 Å². The third-order valence-corrected chi connectivity index (χ3v) is 12.3. The molecular formula is C43H50N4O4S. The van der Waals surface area contributed by atoms with Crippen LogP contribution in [0.4, 0.5) is 5.69 Å². The second kappa shape index (κ2) is 18.4. The number of rotatable bonds is 13. The number of carbonyl (C=O) groups excluding carboxylic acids is 4. The minimum atomic E-state index is -0.620. The van der Waals surface area contributed by atoms with Crippen molar-refractivity contribution in [2.45, 2.75) is 94.5 Å². The highest BCUT2D eigenvalue weighted by atomic mass is 32.2. The van der Waals surface area contributed by atoms with E-state index in [2.05, 4.69) is 11.4 Å². The number of benzene rings is 3. The van der Waals surface area contributed by atoms with E-state index < -0.39 is 23.9 Å². The molecule has 3 aliphatic heterocycles. The van der Waals surface area contributed by atoms with Gasteiger partial charge in [-0.1, -0.05) is 78.9 Å². The van der Waals surface area contributed by atoms with Crippen LogP contribution in [0.3, 0.4) is 0 Å². The SMILES string of the molecule is N#C[C@@H]1CCC[C@@H]2SCC[C@H](CC(=O)[C@H](CC[C@H](Cc3ccccc3)C(=O)N[C@H]3CCCCN(c4ccccc4)C3=O)Cc3ccccc3)C(=O)N12. The molecule has 3 aromatic carbocycles. The molecular weight excluding hydrogens is 669 g/mol. The zero-order valence-electron chi connectivity index (χ0n) is 29.9. The molecule has 52 heavy (non-hydrogen) atoms. The fourth-order valence-electron chi connectivity index (χ4n) is 8.06. The molecule has 6 rings (SSSR count).